The minimum Gasteiger partial charge on any atom is -0.497 e. The van der Waals surface area contributed by atoms with Crippen molar-refractivity contribution in [2.75, 3.05) is 12.4 Å². The number of fused-ring (bicyclic) bond motifs is 1. The standard InChI is InChI=1S/C17H13F2NO4/c1-24-10-3-4-11(13(19)7-10)15(21)8-17(23)12-6-9(18)2-5-14(12)20-16(17)22/h2-7,23H,8H2,1H3,(H,20,22). The van der Waals surface area contributed by atoms with E-state index in [9.17, 15) is 23.5 Å². The van der Waals surface area contributed by atoms with Gasteiger partial charge in [-0.25, -0.2) is 8.78 Å². The summed E-state index contributed by atoms with van der Waals surface area (Å²) in [5.41, 5.74) is -2.37. The predicted octanol–water partition coefficient (Wildman–Crippen LogP) is 2.39. The molecular weight excluding hydrogens is 320 g/mol. The van der Waals surface area contributed by atoms with Crippen LogP contribution in [0.15, 0.2) is 36.4 Å². The van der Waals surface area contributed by atoms with Gasteiger partial charge < -0.3 is 15.2 Å². The van der Waals surface area contributed by atoms with Crippen molar-refractivity contribution in [3.05, 3.63) is 59.2 Å². The van der Waals surface area contributed by atoms with Crippen molar-refractivity contribution in [2.45, 2.75) is 12.0 Å². The second-order valence-corrected chi connectivity index (χ2v) is 5.45. The smallest absolute Gasteiger partial charge is 0.261 e. The molecule has 5 nitrogen and oxygen atoms in total. The number of Topliss-reactive ketones (excluding diaryl/α,β-unsaturated/α-hetero) is 1. The van der Waals surface area contributed by atoms with Gasteiger partial charge in [-0.2, -0.15) is 0 Å². The molecule has 0 saturated carbocycles. The van der Waals surface area contributed by atoms with Crippen LogP contribution in [0, 0.1) is 11.6 Å². The molecular formula is C17H13F2NO4. The van der Waals surface area contributed by atoms with E-state index in [1.54, 1.807) is 0 Å². The number of anilines is 1. The number of amides is 1. The number of hydrogen-bond acceptors (Lipinski definition) is 4. The summed E-state index contributed by atoms with van der Waals surface area (Å²) in [6.07, 6.45) is -0.710. The lowest BCUT2D eigenvalue weighted by atomic mass is 9.88. The second-order valence-electron chi connectivity index (χ2n) is 5.45. The third-order valence-corrected chi connectivity index (χ3v) is 3.94. The van der Waals surface area contributed by atoms with Crippen LogP contribution in [0.1, 0.15) is 22.3 Å². The monoisotopic (exact) mass is 333 g/mol. The van der Waals surface area contributed by atoms with Gasteiger partial charge in [-0.15, -0.1) is 0 Å². The van der Waals surface area contributed by atoms with Gasteiger partial charge in [-0.1, -0.05) is 0 Å². The number of hydrogen-bond donors (Lipinski definition) is 2. The Hall–Kier alpha value is -2.80. The van der Waals surface area contributed by atoms with Crippen LogP contribution in [-0.4, -0.2) is 23.9 Å². The quantitative estimate of drug-likeness (QED) is 0.843. The highest BCUT2D eigenvalue weighted by Gasteiger charge is 2.47. The minimum absolute atomic E-state index is 0.0465. The molecule has 0 bridgehead atoms. The van der Waals surface area contributed by atoms with E-state index in [4.69, 9.17) is 4.74 Å². The molecule has 3 rings (SSSR count). The molecule has 2 aromatic carbocycles. The second kappa shape index (κ2) is 5.68. The molecule has 1 heterocycles. The summed E-state index contributed by atoms with van der Waals surface area (Å²) in [6, 6.07) is 7.02. The highest BCUT2D eigenvalue weighted by atomic mass is 19.1. The van der Waals surface area contributed by atoms with Gasteiger partial charge >= 0.3 is 0 Å². The molecule has 2 aromatic rings. The maximum atomic E-state index is 14.0. The normalized spacial score (nSPS) is 18.9. The van der Waals surface area contributed by atoms with Crippen LogP contribution in [-0.2, 0) is 10.4 Å². The maximum absolute atomic E-state index is 14.0. The molecule has 0 aliphatic carbocycles. The first-order chi connectivity index (χ1) is 11.3. The number of aliphatic hydroxyl groups is 1. The third-order valence-electron chi connectivity index (χ3n) is 3.94. The Morgan fingerprint density at radius 3 is 2.67 bits per heavy atom. The van der Waals surface area contributed by atoms with Gasteiger partial charge in [0.15, 0.2) is 11.4 Å². The van der Waals surface area contributed by atoms with Crippen LogP contribution in [0.2, 0.25) is 0 Å². The lowest BCUT2D eigenvalue weighted by Crippen LogP contribution is -2.36. The highest BCUT2D eigenvalue weighted by molar-refractivity contribution is 6.09. The number of carbonyl (C=O) groups excluding carboxylic acids is 2. The van der Waals surface area contributed by atoms with Crippen molar-refractivity contribution in [2.24, 2.45) is 0 Å². The zero-order valence-corrected chi connectivity index (χ0v) is 12.6. The molecule has 124 valence electrons. The highest BCUT2D eigenvalue weighted by Crippen LogP contribution is 2.39. The summed E-state index contributed by atoms with van der Waals surface area (Å²) in [7, 11) is 1.35. The molecule has 1 aliphatic heterocycles. The Bertz CT molecular complexity index is 852. The van der Waals surface area contributed by atoms with E-state index in [0.717, 1.165) is 18.2 Å². The molecule has 1 unspecified atom stereocenters. The summed E-state index contributed by atoms with van der Waals surface area (Å²) >= 11 is 0. The van der Waals surface area contributed by atoms with Crippen molar-refractivity contribution in [1.29, 1.82) is 0 Å². The molecule has 1 aliphatic rings. The molecule has 2 N–H and O–H groups in total. The molecule has 1 amide bonds. The van der Waals surface area contributed by atoms with Crippen molar-refractivity contribution < 1.29 is 28.2 Å². The fourth-order valence-electron chi connectivity index (χ4n) is 2.67. The van der Waals surface area contributed by atoms with Gasteiger partial charge in [0.2, 0.25) is 0 Å². The summed E-state index contributed by atoms with van der Waals surface area (Å²) in [5.74, 6) is -2.91. The number of benzene rings is 2. The fourth-order valence-corrected chi connectivity index (χ4v) is 2.67. The van der Waals surface area contributed by atoms with Crippen LogP contribution in [0.4, 0.5) is 14.5 Å². The Morgan fingerprint density at radius 2 is 2.00 bits per heavy atom. The molecule has 0 spiro atoms. The zero-order valence-electron chi connectivity index (χ0n) is 12.6. The van der Waals surface area contributed by atoms with Crippen LogP contribution >= 0.6 is 0 Å². The summed E-state index contributed by atoms with van der Waals surface area (Å²) < 4.78 is 32.3. The first-order valence-electron chi connectivity index (χ1n) is 7.06. The number of halogens is 2. The average Bonchev–Trinajstić information content (AvgIpc) is 2.78. The van der Waals surface area contributed by atoms with Gasteiger partial charge in [0.05, 0.1) is 19.1 Å². The van der Waals surface area contributed by atoms with Crippen LogP contribution < -0.4 is 10.1 Å². The zero-order chi connectivity index (χ0) is 17.5. The number of methoxy groups -OCH3 is 1. The maximum Gasteiger partial charge on any atom is 0.261 e. The first-order valence-corrected chi connectivity index (χ1v) is 7.06. The van der Waals surface area contributed by atoms with Crippen molar-refractivity contribution >= 4 is 17.4 Å². The molecule has 0 saturated heterocycles. The molecule has 1 atom stereocenters. The summed E-state index contributed by atoms with van der Waals surface area (Å²) in [5, 5.41) is 13.0. The lowest BCUT2D eigenvalue weighted by molar-refractivity contribution is -0.133. The largest absolute Gasteiger partial charge is 0.497 e. The van der Waals surface area contributed by atoms with Gasteiger partial charge in [-0.05, 0) is 30.3 Å². The third kappa shape index (κ3) is 2.52. The van der Waals surface area contributed by atoms with Gasteiger partial charge in [0.25, 0.3) is 5.91 Å². The van der Waals surface area contributed by atoms with Gasteiger partial charge in [0, 0.05) is 17.3 Å². The number of carbonyl (C=O) groups is 2. The van der Waals surface area contributed by atoms with E-state index in [0.29, 0.717) is 0 Å². The Balaban J connectivity index is 1.95. The Kier molecular flexibility index (Phi) is 3.81. The van der Waals surface area contributed by atoms with E-state index < -0.39 is 35.3 Å². The first kappa shape index (κ1) is 16.1. The molecule has 24 heavy (non-hydrogen) atoms. The predicted molar refractivity (Wildman–Crippen MR) is 80.8 cm³/mol. The molecule has 0 aromatic heterocycles. The van der Waals surface area contributed by atoms with Crippen LogP contribution in [0.3, 0.4) is 0 Å². The summed E-state index contributed by atoms with van der Waals surface area (Å²) in [6.45, 7) is 0. The molecule has 0 fully saturated rings. The molecule has 7 heteroatoms. The number of nitrogens with one attached hydrogen (secondary N) is 1. The van der Waals surface area contributed by atoms with Crippen LogP contribution in [0.5, 0.6) is 5.75 Å². The Labute approximate surface area is 135 Å². The summed E-state index contributed by atoms with van der Waals surface area (Å²) in [4.78, 5) is 24.4. The van der Waals surface area contributed by atoms with Gasteiger partial charge in [0.1, 0.15) is 17.4 Å². The lowest BCUT2D eigenvalue weighted by Gasteiger charge is -2.20. The fraction of sp³-hybridized carbons (Fsp3) is 0.176. The van der Waals surface area contributed by atoms with E-state index in [1.165, 1.54) is 25.3 Å². The van der Waals surface area contributed by atoms with Crippen molar-refractivity contribution in [3.63, 3.8) is 0 Å². The van der Waals surface area contributed by atoms with Crippen molar-refractivity contribution in [1.82, 2.24) is 0 Å². The average molecular weight is 333 g/mol. The van der Waals surface area contributed by atoms with E-state index in [-0.39, 0.29) is 22.6 Å². The minimum atomic E-state index is -2.25. The Morgan fingerprint density at radius 1 is 1.25 bits per heavy atom. The van der Waals surface area contributed by atoms with Gasteiger partial charge in [-0.3, -0.25) is 9.59 Å². The number of ether oxygens (including phenoxy) is 1. The van der Waals surface area contributed by atoms with E-state index in [2.05, 4.69) is 5.32 Å². The van der Waals surface area contributed by atoms with E-state index >= 15 is 0 Å². The SMILES string of the molecule is COc1ccc(C(=O)CC2(O)C(=O)Nc3ccc(F)cc32)c(F)c1. The number of ketones is 1. The van der Waals surface area contributed by atoms with Crippen LogP contribution in [0.25, 0.3) is 0 Å². The van der Waals surface area contributed by atoms with E-state index in [1.807, 2.05) is 0 Å². The van der Waals surface area contributed by atoms with Crippen molar-refractivity contribution in [3.8, 4) is 5.75 Å². The topological polar surface area (TPSA) is 75.6 Å². The molecule has 0 radical (unpaired) electrons. The number of rotatable bonds is 4.